The molecule has 176 valence electrons. The van der Waals surface area contributed by atoms with E-state index >= 15 is 0 Å². The fourth-order valence-corrected chi connectivity index (χ4v) is 5.78. The molecule has 33 heavy (non-hydrogen) atoms. The van der Waals surface area contributed by atoms with E-state index in [4.69, 9.17) is 11.6 Å². The number of halogens is 2. The van der Waals surface area contributed by atoms with Crippen molar-refractivity contribution < 1.29 is 22.4 Å². The smallest absolute Gasteiger partial charge is 0.257 e. The van der Waals surface area contributed by atoms with Gasteiger partial charge in [-0.25, -0.2) is 17.5 Å². The van der Waals surface area contributed by atoms with Crippen molar-refractivity contribution >= 4 is 33.4 Å². The zero-order valence-electron chi connectivity index (χ0n) is 18.0. The highest BCUT2D eigenvalue weighted by Gasteiger charge is 2.28. The molecule has 0 bridgehead atoms. The van der Waals surface area contributed by atoms with Gasteiger partial charge in [-0.1, -0.05) is 30.5 Å². The first-order valence-electron chi connectivity index (χ1n) is 10.9. The van der Waals surface area contributed by atoms with Gasteiger partial charge < -0.3 is 9.80 Å². The third-order valence-electron chi connectivity index (χ3n) is 6.08. The van der Waals surface area contributed by atoms with Gasteiger partial charge in [-0.05, 0) is 49.2 Å². The van der Waals surface area contributed by atoms with Gasteiger partial charge in [-0.2, -0.15) is 0 Å². The lowest BCUT2D eigenvalue weighted by Crippen LogP contribution is -2.50. The Morgan fingerprint density at radius 1 is 0.939 bits per heavy atom. The van der Waals surface area contributed by atoms with Crippen LogP contribution < -0.4 is 4.72 Å². The van der Waals surface area contributed by atoms with Gasteiger partial charge in [0.15, 0.2) is 0 Å². The number of hydrogen-bond acceptors (Lipinski definition) is 4. The van der Waals surface area contributed by atoms with Crippen molar-refractivity contribution in [1.82, 2.24) is 14.5 Å². The molecule has 1 N–H and O–H groups in total. The number of piperazine rings is 1. The molecule has 1 saturated carbocycles. The Morgan fingerprint density at radius 3 is 2.24 bits per heavy atom. The predicted molar refractivity (Wildman–Crippen MR) is 122 cm³/mol. The number of nitrogens with one attached hydrogen (secondary N) is 1. The first kappa shape index (κ1) is 23.7. The van der Waals surface area contributed by atoms with Crippen molar-refractivity contribution in [3.63, 3.8) is 0 Å². The Balaban J connectivity index is 1.41. The summed E-state index contributed by atoms with van der Waals surface area (Å²) in [5.41, 5.74) is 0.167. The number of amides is 2. The van der Waals surface area contributed by atoms with Gasteiger partial charge >= 0.3 is 0 Å². The van der Waals surface area contributed by atoms with Crippen molar-refractivity contribution in [2.45, 2.75) is 36.6 Å². The molecule has 2 aromatic rings. The molecule has 2 amide bonds. The summed E-state index contributed by atoms with van der Waals surface area (Å²) >= 11 is 5.89. The molecule has 1 saturated heterocycles. The fourth-order valence-electron chi connectivity index (χ4n) is 4.25. The number of rotatable bonds is 5. The Bertz CT molecular complexity index is 1160. The number of carbonyl (C=O) groups excluding carboxylic acids is 2. The number of hydrogen-bond donors (Lipinski definition) is 1. The van der Waals surface area contributed by atoms with Crippen LogP contribution in [0.1, 0.15) is 46.4 Å². The standard InChI is InChI=1S/C23H25ClFN3O4S/c24-17-8-9-21(25)20(15-17)23(30)28-12-10-27(11-13-28)22(29)16-4-3-7-19(14-16)33(31,32)26-18-5-1-2-6-18/h3-4,7-9,14-15,18,26H,1-2,5-6,10-13H2. The lowest BCUT2D eigenvalue weighted by molar-refractivity contribution is 0.0532. The average molecular weight is 494 g/mol. The molecule has 2 aromatic carbocycles. The van der Waals surface area contributed by atoms with Gasteiger partial charge in [-0.15, -0.1) is 0 Å². The van der Waals surface area contributed by atoms with Crippen LogP contribution in [-0.4, -0.2) is 62.3 Å². The third kappa shape index (κ3) is 5.37. The van der Waals surface area contributed by atoms with E-state index in [1.54, 1.807) is 17.0 Å². The SMILES string of the molecule is O=C(c1cccc(S(=O)(=O)NC2CCCC2)c1)N1CCN(C(=O)c2cc(Cl)ccc2F)CC1. The molecule has 0 radical (unpaired) electrons. The summed E-state index contributed by atoms with van der Waals surface area (Å²) in [5, 5.41) is 0.269. The van der Waals surface area contributed by atoms with E-state index in [0.717, 1.165) is 31.7 Å². The highest BCUT2D eigenvalue weighted by Crippen LogP contribution is 2.22. The van der Waals surface area contributed by atoms with Gasteiger partial charge in [0.25, 0.3) is 11.8 Å². The van der Waals surface area contributed by atoms with Crippen LogP contribution in [0.3, 0.4) is 0 Å². The summed E-state index contributed by atoms with van der Waals surface area (Å²) in [6.07, 6.45) is 3.65. The van der Waals surface area contributed by atoms with Crippen LogP contribution in [-0.2, 0) is 10.0 Å². The van der Waals surface area contributed by atoms with Gasteiger partial charge in [-0.3, -0.25) is 9.59 Å². The number of carbonyl (C=O) groups is 2. The minimum atomic E-state index is -3.71. The Labute approximate surface area is 197 Å². The second kappa shape index (κ2) is 9.79. The second-order valence-electron chi connectivity index (χ2n) is 8.34. The topological polar surface area (TPSA) is 86.8 Å². The minimum Gasteiger partial charge on any atom is -0.335 e. The Kier molecular flexibility index (Phi) is 7.02. The van der Waals surface area contributed by atoms with Crippen LogP contribution in [0.15, 0.2) is 47.4 Å². The maximum Gasteiger partial charge on any atom is 0.257 e. The molecule has 2 aliphatic rings. The summed E-state index contributed by atoms with van der Waals surface area (Å²) in [6, 6.07) is 9.75. The van der Waals surface area contributed by atoms with E-state index in [1.807, 2.05) is 0 Å². The summed E-state index contributed by atoms with van der Waals surface area (Å²) < 4.78 is 42.2. The maximum absolute atomic E-state index is 14.0. The number of benzene rings is 2. The van der Waals surface area contributed by atoms with E-state index in [2.05, 4.69) is 4.72 Å². The van der Waals surface area contributed by atoms with Crippen LogP contribution in [0, 0.1) is 5.82 Å². The summed E-state index contributed by atoms with van der Waals surface area (Å²) in [4.78, 5) is 28.8. The fraction of sp³-hybridized carbons (Fsp3) is 0.391. The first-order valence-corrected chi connectivity index (χ1v) is 12.8. The highest BCUT2D eigenvalue weighted by molar-refractivity contribution is 7.89. The molecule has 0 aromatic heterocycles. The lowest BCUT2D eigenvalue weighted by atomic mass is 10.1. The van der Waals surface area contributed by atoms with Crippen LogP contribution in [0.2, 0.25) is 5.02 Å². The zero-order chi connectivity index (χ0) is 23.6. The van der Waals surface area contributed by atoms with Crippen LogP contribution in [0.4, 0.5) is 4.39 Å². The van der Waals surface area contributed by atoms with Gasteiger partial charge in [0.2, 0.25) is 10.0 Å². The van der Waals surface area contributed by atoms with Crippen molar-refractivity contribution in [2.75, 3.05) is 26.2 Å². The quantitative estimate of drug-likeness (QED) is 0.692. The van der Waals surface area contributed by atoms with Crippen LogP contribution >= 0.6 is 11.6 Å². The molecule has 10 heteroatoms. The molecule has 1 heterocycles. The van der Waals surface area contributed by atoms with Gasteiger partial charge in [0.1, 0.15) is 5.82 Å². The number of nitrogens with zero attached hydrogens (tertiary/aromatic N) is 2. The lowest BCUT2D eigenvalue weighted by Gasteiger charge is -2.35. The molecule has 0 atom stereocenters. The summed E-state index contributed by atoms with van der Waals surface area (Å²) in [5.74, 6) is -1.44. The molecule has 0 spiro atoms. The Hall–Kier alpha value is -2.49. The molecule has 0 unspecified atom stereocenters. The van der Waals surface area contributed by atoms with E-state index in [-0.39, 0.29) is 59.2 Å². The minimum absolute atomic E-state index is 0.0606. The van der Waals surface area contributed by atoms with Crippen molar-refractivity contribution in [3.8, 4) is 0 Å². The molecule has 1 aliphatic heterocycles. The van der Waals surface area contributed by atoms with Crippen LogP contribution in [0.5, 0.6) is 0 Å². The van der Waals surface area contributed by atoms with Gasteiger partial charge in [0.05, 0.1) is 10.5 Å². The molecule has 1 aliphatic carbocycles. The van der Waals surface area contributed by atoms with E-state index in [0.29, 0.717) is 0 Å². The molecular formula is C23H25ClFN3O4S. The largest absolute Gasteiger partial charge is 0.335 e. The first-order chi connectivity index (χ1) is 15.7. The van der Waals surface area contributed by atoms with Crippen molar-refractivity contribution in [2.24, 2.45) is 0 Å². The molecular weight excluding hydrogens is 469 g/mol. The summed E-state index contributed by atoms with van der Waals surface area (Å²) in [7, 11) is -3.71. The van der Waals surface area contributed by atoms with Crippen molar-refractivity contribution in [1.29, 1.82) is 0 Å². The normalized spacial score (nSPS) is 17.4. The highest BCUT2D eigenvalue weighted by atomic mass is 35.5. The Morgan fingerprint density at radius 2 is 1.58 bits per heavy atom. The predicted octanol–water partition coefficient (Wildman–Crippen LogP) is 3.30. The maximum atomic E-state index is 14.0. The molecule has 4 rings (SSSR count). The average Bonchev–Trinajstić information content (AvgIpc) is 3.32. The third-order valence-corrected chi connectivity index (χ3v) is 7.83. The monoisotopic (exact) mass is 493 g/mol. The number of sulfonamides is 1. The van der Waals surface area contributed by atoms with E-state index in [1.165, 1.54) is 29.2 Å². The van der Waals surface area contributed by atoms with E-state index in [9.17, 15) is 22.4 Å². The molecule has 7 nitrogen and oxygen atoms in total. The second-order valence-corrected chi connectivity index (χ2v) is 10.5. The van der Waals surface area contributed by atoms with E-state index < -0.39 is 21.7 Å². The zero-order valence-corrected chi connectivity index (χ0v) is 19.5. The summed E-state index contributed by atoms with van der Waals surface area (Å²) in [6.45, 7) is 0.976. The molecule has 2 fully saturated rings. The van der Waals surface area contributed by atoms with Gasteiger partial charge in [0, 0.05) is 42.8 Å². The van der Waals surface area contributed by atoms with Crippen molar-refractivity contribution in [3.05, 3.63) is 64.4 Å². The van der Waals surface area contributed by atoms with Crippen LogP contribution in [0.25, 0.3) is 0 Å².